The molecule has 0 saturated carbocycles. The second-order valence-electron chi connectivity index (χ2n) is 7.97. The van der Waals surface area contributed by atoms with Gasteiger partial charge in [0.15, 0.2) is 12.1 Å². The van der Waals surface area contributed by atoms with Gasteiger partial charge in [-0.2, -0.15) is 10.1 Å². The minimum atomic E-state index is -0.875. The van der Waals surface area contributed by atoms with Crippen molar-refractivity contribution in [2.45, 2.75) is 38.4 Å². The van der Waals surface area contributed by atoms with Gasteiger partial charge in [-0.25, -0.2) is 4.90 Å². The maximum atomic E-state index is 13.2. The average molecular weight is 495 g/mol. The first-order chi connectivity index (χ1) is 15.4. The topological polar surface area (TPSA) is 104 Å². The molecule has 1 aromatic heterocycles. The number of aromatic nitrogens is 2. The van der Waals surface area contributed by atoms with Gasteiger partial charge in [-0.3, -0.25) is 14.6 Å². The highest BCUT2D eigenvalue weighted by atomic mass is 79.9. The molecule has 162 valence electrons. The zero-order valence-electron chi connectivity index (χ0n) is 17.3. The van der Waals surface area contributed by atoms with E-state index < -0.39 is 12.1 Å². The zero-order chi connectivity index (χ0) is 22.4. The Hall–Kier alpha value is -3.40. The monoisotopic (exact) mass is 494 g/mol. The molecule has 0 aliphatic carbocycles. The minimum Gasteiger partial charge on any atom is -0.337 e. The number of hydrogen-bond acceptors (Lipinski definition) is 8. The Bertz CT molecular complexity index is 1220. The van der Waals surface area contributed by atoms with Crippen LogP contribution >= 0.6 is 15.9 Å². The van der Waals surface area contributed by atoms with Gasteiger partial charge in [0.05, 0.1) is 5.69 Å². The molecular formula is C22H19BrN6O3. The van der Waals surface area contributed by atoms with Crippen molar-refractivity contribution in [2.24, 2.45) is 10.3 Å². The fourth-order valence-corrected chi connectivity index (χ4v) is 4.22. The van der Waals surface area contributed by atoms with Crippen LogP contribution in [0, 0.1) is 0 Å². The number of nitrogens with zero attached hydrogens (tertiary/aromatic N) is 6. The lowest BCUT2D eigenvalue weighted by Gasteiger charge is -2.19. The van der Waals surface area contributed by atoms with Crippen LogP contribution < -0.4 is 4.90 Å². The van der Waals surface area contributed by atoms with E-state index in [1.54, 1.807) is 12.1 Å². The summed E-state index contributed by atoms with van der Waals surface area (Å²) < 4.78 is 6.25. The molecule has 2 aromatic carbocycles. The first-order valence-electron chi connectivity index (χ1n) is 10.2. The van der Waals surface area contributed by atoms with E-state index in [9.17, 15) is 9.59 Å². The standard InChI is InChI=1S/C22H19BrN6O3/c1-12(2)13-6-8-16(9-7-13)29-21(30)18-19(22(29)31)28(27-25-18)11-17-24-20(26-32-17)14-4-3-5-15(23)10-14/h3-10,12,18-19H,11H2,1-2H3/t18-,19+/m0/s1. The van der Waals surface area contributed by atoms with Crippen molar-refractivity contribution >= 4 is 33.4 Å². The van der Waals surface area contributed by atoms with E-state index in [2.05, 4.69) is 50.3 Å². The first-order valence-corrected chi connectivity index (χ1v) is 11.0. The molecule has 1 fully saturated rings. The Morgan fingerprint density at radius 3 is 2.59 bits per heavy atom. The third-order valence-electron chi connectivity index (χ3n) is 5.52. The van der Waals surface area contributed by atoms with Crippen LogP contribution in [0.3, 0.4) is 0 Å². The molecule has 2 amide bonds. The number of rotatable bonds is 5. The first kappa shape index (κ1) is 20.5. The largest absolute Gasteiger partial charge is 0.337 e. The van der Waals surface area contributed by atoms with Gasteiger partial charge in [0.1, 0.15) is 6.54 Å². The molecule has 2 aliphatic rings. The van der Waals surface area contributed by atoms with Crippen LogP contribution in [0.1, 0.15) is 31.2 Å². The fraction of sp³-hybridized carbons (Fsp3) is 0.273. The van der Waals surface area contributed by atoms with E-state index in [4.69, 9.17) is 4.52 Å². The van der Waals surface area contributed by atoms with Gasteiger partial charge in [0.25, 0.3) is 11.8 Å². The van der Waals surface area contributed by atoms with Gasteiger partial charge < -0.3 is 4.52 Å². The molecule has 1 saturated heterocycles. The lowest BCUT2D eigenvalue weighted by Crippen LogP contribution is -2.39. The summed E-state index contributed by atoms with van der Waals surface area (Å²) in [7, 11) is 0. The number of fused-ring (bicyclic) bond motifs is 1. The van der Waals surface area contributed by atoms with Crippen LogP contribution in [0.2, 0.25) is 0 Å². The molecule has 2 atom stereocenters. The van der Waals surface area contributed by atoms with E-state index >= 15 is 0 Å². The molecule has 3 aromatic rings. The second kappa shape index (κ2) is 7.94. The Morgan fingerprint density at radius 2 is 1.88 bits per heavy atom. The second-order valence-corrected chi connectivity index (χ2v) is 8.89. The normalized spacial score (nSPS) is 20.0. The molecular weight excluding hydrogens is 476 g/mol. The highest BCUT2D eigenvalue weighted by Gasteiger charge is 2.55. The molecule has 0 radical (unpaired) electrons. The third kappa shape index (κ3) is 3.50. The number of hydrogen-bond donors (Lipinski definition) is 0. The SMILES string of the molecule is CC(C)c1ccc(N2C(=O)[C@H]3N=NN(Cc4nc(-c5cccc(Br)c5)no4)[C@H]3C2=O)cc1. The summed E-state index contributed by atoms with van der Waals surface area (Å²) in [5, 5.41) is 13.5. The summed E-state index contributed by atoms with van der Waals surface area (Å²) in [4.78, 5) is 31.6. The Morgan fingerprint density at radius 1 is 1.09 bits per heavy atom. The Balaban J connectivity index is 1.35. The van der Waals surface area contributed by atoms with Crippen molar-refractivity contribution in [1.82, 2.24) is 15.1 Å². The van der Waals surface area contributed by atoms with Gasteiger partial charge in [-0.1, -0.05) is 64.4 Å². The smallest absolute Gasteiger partial charge is 0.263 e. The number of amides is 2. The van der Waals surface area contributed by atoms with Gasteiger partial charge in [-0.05, 0) is 35.7 Å². The lowest BCUT2D eigenvalue weighted by molar-refractivity contribution is -0.123. The molecule has 9 nitrogen and oxygen atoms in total. The Labute approximate surface area is 192 Å². The van der Waals surface area contributed by atoms with Crippen molar-refractivity contribution in [3.05, 3.63) is 64.5 Å². The molecule has 0 unspecified atom stereocenters. The van der Waals surface area contributed by atoms with Gasteiger partial charge >= 0.3 is 0 Å². The van der Waals surface area contributed by atoms with Crippen LogP contribution in [0.15, 0.2) is 67.9 Å². The number of carbonyl (C=O) groups is 2. The van der Waals surface area contributed by atoms with Gasteiger partial charge in [0, 0.05) is 10.0 Å². The molecule has 0 N–H and O–H groups in total. The molecule has 3 heterocycles. The highest BCUT2D eigenvalue weighted by molar-refractivity contribution is 9.10. The van der Waals surface area contributed by atoms with Crippen molar-refractivity contribution in [3.8, 4) is 11.4 Å². The zero-order valence-corrected chi connectivity index (χ0v) is 18.9. The highest BCUT2D eigenvalue weighted by Crippen LogP contribution is 2.33. The van der Waals surface area contributed by atoms with Crippen molar-refractivity contribution in [1.29, 1.82) is 0 Å². The van der Waals surface area contributed by atoms with Crippen molar-refractivity contribution in [3.63, 3.8) is 0 Å². The summed E-state index contributed by atoms with van der Waals surface area (Å²) in [6, 6.07) is 13.2. The van der Waals surface area contributed by atoms with Crippen LogP contribution in [-0.4, -0.2) is 39.0 Å². The third-order valence-corrected chi connectivity index (χ3v) is 6.02. The predicted octanol–water partition coefficient (Wildman–Crippen LogP) is 4.12. The molecule has 10 heteroatoms. The van der Waals surface area contributed by atoms with E-state index in [0.717, 1.165) is 15.6 Å². The maximum absolute atomic E-state index is 13.2. The van der Waals surface area contributed by atoms with Crippen LogP contribution in [0.4, 0.5) is 5.69 Å². The summed E-state index contributed by atoms with van der Waals surface area (Å²) in [6.45, 7) is 4.25. The molecule has 32 heavy (non-hydrogen) atoms. The number of anilines is 1. The number of benzene rings is 2. The van der Waals surface area contributed by atoms with E-state index in [1.807, 2.05) is 36.4 Å². The van der Waals surface area contributed by atoms with E-state index in [-0.39, 0.29) is 24.2 Å². The number of halogens is 1. The summed E-state index contributed by atoms with van der Waals surface area (Å²) in [5.41, 5.74) is 2.45. The molecule has 0 spiro atoms. The number of imide groups is 1. The van der Waals surface area contributed by atoms with Crippen LogP contribution in [0.5, 0.6) is 0 Å². The predicted molar refractivity (Wildman–Crippen MR) is 118 cm³/mol. The molecule has 5 rings (SSSR count). The summed E-state index contributed by atoms with van der Waals surface area (Å²) in [5.74, 6) is 0.307. The maximum Gasteiger partial charge on any atom is 0.263 e. The average Bonchev–Trinajstić information content (AvgIpc) is 3.47. The summed E-state index contributed by atoms with van der Waals surface area (Å²) >= 11 is 3.42. The van der Waals surface area contributed by atoms with E-state index in [1.165, 1.54) is 9.91 Å². The minimum absolute atomic E-state index is 0.0742. The fourth-order valence-electron chi connectivity index (χ4n) is 3.82. The van der Waals surface area contributed by atoms with Crippen molar-refractivity contribution in [2.75, 3.05) is 4.90 Å². The van der Waals surface area contributed by atoms with Crippen LogP contribution in [-0.2, 0) is 16.1 Å². The van der Waals surface area contributed by atoms with Gasteiger partial charge in [-0.15, -0.1) is 0 Å². The Kier molecular flexibility index (Phi) is 5.09. The van der Waals surface area contributed by atoms with Crippen molar-refractivity contribution < 1.29 is 14.1 Å². The lowest BCUT2D eigenvalue weighted by atomic mass is 10.0. The van der Waals surface area contributed by atoms with Crippen LogP contribution in [0.25, 0.3) is 11.4 Å². The quantitative estimate of drug-likeness (QED) is 0.494. The summed E-state index contributed by atoms with van der Waals surface area (Å²) in [6.07, 6.45) is 0. The number of carbonyl (C=O) groups excluding carboxylic acids is 2. The molecule has 0 bridgehead atoms. The molecule has 2 aliphatic heterocycles. The van der Waals surface area contributed by atoms with Gasteiger partial charge in [0.2, 0.25) is 11.7 Å². The van der Waals surface area contributed by atoms with E-state index in [0.29, 0.717) is 17.4 Å².